The normalized spacial score (nSPS) is 12.0. The standard InChI is InChI=1S/C22H24N4O3/c1-13(2)19(12-27)26-22(29)16-5-3-14(4-6-16)18-11-24-21(23)20(25-18)15-7-9-17(28)10-8-15/h3-11,13,19,27-28H,12H2,1-2H3,(H2,23,24)(H,26,29). The molecule has 0 spiro atoms. The first-order valence-corrected chi connectivity index (χ1v) is 9.33. The number of aliphatic hydroxyl groups is 1. The van der Waals surface area contributed by atoms with Gasteiger partial charge < -0.3 is 21.3 Å². The number of nitrogen functional groups attached to an aromatic ring is 1. The summed E-state index contributed by atoms with van der Waals surface area (Å²) in [5.74, 6) is 0.342. The molecule has 0 aliphatic rings. The third-order valence-corrected chi connectivity index (χ3v) is 4.70. The highest BCUT2D eigenvalue weighted by atomic mass is 16.3. The first-order valence-electron chi connectivity index (χ1n) is 9.33. The highest BCUT2D eigenvalue weighted by Gasteiger charge is 2.16. The summed E-state index contributed by atoms with van der Waals surface area (Å²) in [6, 6.07) is 13.3. The number of aromatic nitrogens is 2. The predicted octanol–water partition coefficient (Wildman–Crippen LogP) is 2.85. The molecule has 29 heavy (non-hydrogen) atoms. The van der Waals surface area contributed by atoms with Crippen molar-refractivity contribution in [2.24, 2.45) is 5.92 Å². The summed E-state index contributed by atoms with van der Waals surface area (Å²) in [4.78, 5) is 21.2. The molecule has 0 saturated heterocycles. The molecule has 7 nitrogen and oxygen atoms in total. The van der Waals surface area contributed by atoms with Crippen molar-refractivity contribution in [1.29, 1.82) is 0 Å². The van der Waals surface area contributed by atoms with Crippen LogP contribution in [0.4, 0.5) is 5.82 Å². The molecule has 0 aliphatic heterocycles. The second-order valence-electron chi connectivity index (χ2n) is 7.12. The number of hydrogen-bond donors (Lipinski definition) is 4. The number of nitrogens with one attached hydrogen (secondary N) is 1. The molecule has 0 aliphatic carbocycles. The number of phenolic OH excluding ortho intramolecular Hbond substituents is 1. The van der Waals surface area contributed by atoms with Crippen LogP contribution in [0.1, 0.15) is 24.2 Å². The van der Waals surface area contributed by atoms with Gasteiger partial charge in [0.1, 0.15) is 17.3 Å². The molecule has 5 N–H and O–H groups in total. The molecule has 1 atom stereocenters. The molecule has 0 bridgehead atoms. The van der Waals surface area contributed by atoms with E-state index in [9.17, 15) is 15.0 Å². The van der Waals surface area contributed by atoms with E-state index in [0.717, 1.165) is 11.1 Å². The number of phenols is 1. The number of hydrogen-bond acceptors (Lipinski definition) is 6. The SMILES string of the molecule is CC(C)C(CO)NC(=O)c1ccc(-c2cnc(N)c(-c3ccc(O)cc3)n2)cc1. The van der Waals surface area contributed by atoms with E-state index in [1.54, 1.807) is 54.7 Å². The van der Waals surface area contributed by atoms with E-state index in [-0.39, 0.29) is 30.2 Å². The van der Waals surface area contributed by atoms with Gasteiger partial charge in [0.2, 0.25) is 0 Å². The molecule has 1 aromatic heterocycles. The summed E-state index contributed by atoms with van der Waals surface area (Å²) < 4.78 is 0. The molecule has 3 aromatic rings. The largest absolute Gasteiger partial charge is 0.508 e. The number of anilines is 1. The van der Waals surface area contributed by atoms with Crippen LogP contribution in [0.15, 0.2) is 54.7 Å². The van der Waals surface area contributed by atoms with Crippen molar-refractivity contribution in [3.63, 3.8) is 0 Å². The van der Waals surface area contributed by atoms with Crippen molar-refractivity contribution in [3.05, 3.63) is 60.3 Å². The molecular weight excluding hydrogens is 368 g/mol. The van der Waals surface area contributed by atoms with Crippen LogP contribution in [0.5, 0.6) is 5.75 Å². The molecule has 2 aromatic carbocycles. The Hall–Kier alpha value is -3.45. The van der Waals surface area contributed by atoms with E-state index in [1.165, 1.54) is 0 Å². The van der Waals surface area contributed by atoms with E-state index >= 15 is 0 Å². The monoisotopic (exact) mass is 392 g/mol. The Kier molecular flexibility index (Phi) is 6.09. The van der Waals surface area contributed by atoms with Crippen molar-refractivity contribution in [2.45, 2.75) is 19.9 Å². The second kappa shape index (κ2) is 8.70. The maximum Gasteiger partial charge on any atom is 0.251 e. The van der Waals surface area contributed by atoms with E-state index in [2.05, 4.69) is 15.3 Å². The molecule has 0 saturated carbocycles. The van der Waals surface area contributed by atoms with Crippen molar-refractivity contribution < 1.29 is 15.0 Å². The van der Waals surface area contributed by atoms with E-state index in [1.807, 2.05) is 13.8 Å². The summed E-state index contributed by atoms with van der Waals surface area (Å²) in [5.41, 5.74) is 9.14. The molecule has 7 heteroatoms. The first kappa shape index (κ1) is 20.3. The zero-order chi connectivity index (χ0) is 21.0. The van der Waals surface area contributed by atoms with Crippen LogP contribution >= 0.6 is 0 Å². The smallest absolute Gasteiger partial charge is 0.251 e. The van der Waals surface area contributed by atoms with Crippen LogP contribution in [0.2, 0.25) is 0 Å². The first-order chi connectivity index (χ1) is 13.9. The van der Waals surface area contributed by atoms with Crippen LogP contribution in [0, 0.1) is 5.92 Å². The Labute approximate surface area is 169 Å². The van der Waals surface area contributed by atoms with Gasteiger partial charge in [-0.15, -0.1) is 0 Å². The van der Waals surface area contributed by atoms with E-state index < -0.39 is 0 Å². The minimum Gasteiger partial charge on any atom is -0.508 e. The number of aromatic hydroxyl groups is 1. The van der Waals surface area contributed by atoms with Gasteiger partial charge in [-0.05, 0) is 42.3 Å². The number of nitrogens with zero attached hydrogens (tertiary/aromatic N) is 2. The molecule has 1 heterocycles. The predicted molar refractivity (Wildman–Crippen MR) is 112 cm³/mol. The molecule has 150 valence electrons. The highest BCUT2D eigenvalue weighted by Crippen LogP contribution is 2.27. The summed E-state index contributed by atoms with van der Waals surface area (Å²) in [7, 11) is 0. The number of rotatable bonds is 6. The zero-order valence-electron chi connectivity index (χ0n) is 16.3. The lowest BCUT2D eigenvalue weighted by Gasteiger charge is -2.19. The lowest BCUT2D eigenvalue weighted by Crippen LogP contribution is -2.41. The lowest BCUT2D eigenvalue weighted by molar-refractivity contribution is 0.0897. The van der Waals surface area contributed by atoms with Crippen LogP contribution in [-0.4, -0.2) is 38.7 Å². The molecule has 0 fully saturated rings. The molecular formula is C22H24N4O3. The molecule has 3 rings (SSSR count). The highest BCUT2D eigenvalue weighted by molar-refractivity contribution is 5.94. The summed E-state index contributed by atoms with van der Waals surface area (Å²) >= 11 is 0. The minimum absolute atomic E-state index is 0.109. The Morgan fingerprint density at radius 1 is 1.07 bits per heavy atom. The summed E-state index contributed by atoms with van der Waals surface area (Å²) in [6.07, 6.45) is 1.58. The van der Waals surface area contributed by atoms with Crippen molar-refractivity contribution in [1.82, 2.24) is 15.3 Å². The van der Waals surface area contributed by atoms with Gasteiger partial charge in [0.25, 0.3) is 5.91 Å². The Balaban J connectivity index is 1.84. The Morgan fingerprint density at radius 2 is 1.69 bits per heavy atom. The fourth-order valence-corrected chi connectivity index (χ4v) is 2.84. The van der Waals surface area contributed by atoms with Gasteiger partial charge in [-0.1, -0.05) is 26.0 Å². The van der Waals surface area contributed by atoms with E-state index in [4.69, 9.17) is 5.73 Å². The average molecular weight is 392 g/mol. The van der Waals surface area contributed by atoms with Crippen LogP contribution in [-0.2, 0) is 0 Å². The third kappa shape index (κ3) is 4.70. The maximum atomic E-state index is 12.4. The van der Waals surface area contributed by atoms with Crippen molar-refractivity contribution >= 4 is 11.7 Å². The molecule has 1 amide bonds. The zero-order valence-corrected chi connectivity index (χ0v) is 16.3. The van der Waals surface area contributed by atoms with Gasteiger partial charge in [-0.3, -0.25) is 4.79 Å². The van der Waals surface area contributed by atoms with Gasteiger partial charge in [0.05, 0.1) is 24.5 Å². The number of aliphatic hydroxyl groups excluding tert-OH is 1. The van der Waals surface area contributed by atoms with Crippen LogP contribution < -0.4 is 11.1 Å². The van der Waals surface area contributed by atoms with Crippen molar-refractivity contribution in [3.8, 4) is 28.3 Å². The quantitative estimate of drug-likeness (QED) is 0.512. The van der Waals surface area contributed by atoms with Gasteiger partial charge in [-0.25, -0.2) is 9.97 Å². The summed E-state index contributed by atoms with van der Waals surface area (Å²) in [5, 5.41) is 21.7. The fraction of sp³-hybridized carbons (Fsp3) is 0.227. The van der Waals surface area contributed by atoms with E-state index in [0.29, 0.717) is 22.8 Å². The maximum absolute atomic E-state index is 12.4. The van der Waals surface area contributed by atoms with Crippen LogP contribution in [0.3, 0.4) is 0 Å². The number of nitrogens with two attached hydrogens (primary N) is 1. The number of benzene rings is 2. The second-order valence-corrected chi connectivity index (χ2v) is 7.12. The minimum atomic E-state index is -0.294. The van der Waals surface area contributed by atoms with Crippen molar-refractivity contribution in [2.75, 3.05) is 12.3 Å². The van der Waals surface area contributed by atoms with Crippen LogP contribution in [0.25, 0.3) is 22.5 Å². The Bertz CT molecular complexity index is 986. The fourth-order valence-electron chi connectivity index (χ4n) is 2.84. The summed E-state index contributed by atoms with van der Waals surface area (Å²) in [6.45, 7) is 3.77. The van der Waals surface area contributed by atoms with Gasteiger partial charge >= 0.3 is 0 Å². The average Bonchev–Trinajstić information content (AvgIpc) is 2.73. The number of carbonyl (C=O) groups excluding carboxylic acids is 1. The van der Waals surface area contributed by atoms with Gasteiger partial charge in [0, 0.05) is 16.7 Å². The Morgan fingerprint density at radius 3 is 2.28 bits per heavy atom. The van der Waals surface area contributed by atoms with Gasteiger partial charge in [-0.2, -0.15) is 0 Å². The van der Waals surface area contributed by atoms with Gasteiger partial charge in [0.15, 0.2) is 0 Å². The molecule has 0 radical (unpaired) electrons. The lowest BCUT2D eigenvalue weighted by atomic mass is 10.0. The molecule has 1 unspecified atom stereocenters. The number of carbonyl (C=O) groups is 1. The topological polar surface area (TPSA) is 121 Å². The number of amides is 1. The third-order valence-electron chi connectivity index (χ3n) is 4.70.